The first-order chi connectivity index (χ1) is 13.1. The van der Waals surface area contributed by atoms with Crippen LogP contribution >= 0.6 is 0 Å². The Bertz CT molecular complexity index is 888. The van der Waals surface area contributed by atoms with Gasteiger partial charge >= 0.3 is 6.03 Å². The number of nitriles is 1. The molecule has 28 heavy (non-hydrogen) atoms. The fraction of sp³-hybridized carbons (Fsp3) is 0.524. The molecule has 1 aliphatic heterocycles. The number of rotatable bonds is 5. The van der Waals surface area contributed by atoms with E-state index in [0.717, 1.165) is 29.7 Å². The third kappa shape index (κ3) is 3.24. The van der Waals surface area contributed by atoms with Crippen LogP contribution in [-0.4, -0.2) is 34.8 Å². The summed E-state index contributed by atoms with van der Waals surface area (Å²) in [6.07, 6.45) is 3.09. The highest BCUT2D eigenvalue weighted by atomic mass is 16.2. The molecule has 1 fully saturated rings. The standard InChI is InChI=1S/C21H26N4O3/c1-13(2)20(3,12-22)23-17(26)11-25-18(27)21(4,24-19(25)28)16-9-8-14-6-5-7-15(14)10-16/h8-10,13H,5-7,11H2,1-4H3,(H,23,26)(H,24,28)/t20-,21-/m1/s1. The lowest BCUT2D eigenvalue weighted by Crippen LogP contribution is -2.52. The minimum Gasteiger partial charge on any atom is -0.336 e. The Morgan fingerprint density at radius 3 is 2.68 bits per heavy atom. The van der Waals surface area contributed by atoms with Crippen molar-refractivity contribution >= 4 is 17.8 Å². The number of benzene rings is 1. The van der Waals surface area contributed by atoms with Gasteiger partial charge in [0.1, 0.15) is 17.6 Å². The number of nitrogens with zero attached hydrogens (tertiary/aromatic N) is 2. The highest BCUT2D eigenvalue weighted by molar-refractivity contribution is 6.09. The Morgan fingerprint density at radius 1 is 1.36 bits per heavy atom. The van der Waals surface area contributed by atoms with Crippen LogP contribution < -0.4 is 10.6 Å². The van der Waals surface area contributed by atoms with E-state index in [2.05, 4.69) is 16.7 Å². The van der Waals surface area contributed by atoms with E-state index in [0.29, 0.717) is 0 Å². The van der Waals surface area contributed by atoms with E-state index in [1.54, 1.807) is 13.8 Å². The zero-order valence-corrected chi connectivity index (χ0v) is 16.8. The number of nitrogens with one attached hydrogen (secondary N) is 2. The zero-order chi connectivity index (χ0) is 20.7. The van der Waals surface area contributed by atoms with E-state index in [1.165, 1.54) is 11.1 Å². The van der Waals surface area contributed by atoms with Crippen LogP contribution in [-0.2, 0) is 28.0 Å². The summed E-state index contributed by atoms with van der Waals surface area (Å²) in [6.45, 7) is 6.50. The highest BCUT2D eigenvalue weighted by Crippen LogP contribution is 2.32. The number of urea groups is 1. The van der Waals surface area contributed by atoms with Crippen LogP contribution in [0.2, 0.25) is 0 Å². The van der Waals surface area contributed by atoms with Crippen LogP contribution in [0.5, 0.6) is 0 Å². The Balaban J connectivity index is 1.78. The maximum Gasteiger partial charge on any atom is 0.325 e. The van der Waals surface area contributed by atoms with Crippen LogP contribution in [0.4, 0.5) is 4.79 Å². The average molecular weight is 382 g/mol. The lowest BCUT2D eigenvalue weighted by molar-refractivity contribution is -0.135. The summed E-state index contributed by atoms with van der Waals surface area (Å²) in [5.74, 6) is -1.13. The molecule has 7 nitrogen and oxygen atoms in total. The third-order valence-electron chi connectivity index (χ3n) is 6.04. The van der Waals surface area contributed by atoms with E-state index in [1.807, 2.05) is 32.0 Å². The van der Waals surface area contributed by atoms with Gasteiger partial charge in [-0.05, 0) is 55.7 Å². The molecule has 0 unspecified atom stereocenters. The lowest BCUT2D eigenvalue weighted by atomic mass is 9.89. The second kappa shape index (κ2) is 6.93. The van der Waals surface area contributed by atoms with Crippen LogP contribution in [0.1, 0.15) is 50.8 Å². The van der Waals surface area contributed by atoms with Gasteiger partial charge in [-0.25, -0.2) is 4.79 Å². The molecule has 1 heterocycles. The molecule has 1 aliphatic carbocycles. The number of aryl methyl sites for hydroxylation is 2. The minimum absolute atomic E-state index is 0.124. The summed E-state index contributed by atoms with van der Waals surface area (Å²) < 4.78 is 0. The van der Waals surface area contributed by atoms with Gasteiger partial charge in [0, 0.05) is 0 Å². The Labute approximate surface area is 165 Å². The van der Waals surface area contributed by atoms with Crippen molar-refractivity contribution in [3.8, 4) is 6.07 Å². The number of imide groups is 1. The predicted molar refractivity (Wildman–Crippen MR) is 103 cm³/mol. The topological polar surface area (TPSA) is 102 Å². The summed E-state index contributed by atoms with van der Waals surface area (Å²) >= 11 is 0. The number of hydrogen-bond acceptors (Lipinski definition) is 4. The smallest absolute Gasteiger partial charge is 0.325 e. The van der Waals surface area contributed by atoms with E-state index in [4.69, 9.17) is 0 Å². The first-order valence-corrected chi connectivity index (χ1v) is 9.59. The molecule has 0 aromatic heterocycles. The van der Waals surface area contributed by atoms with Crippen LogP contribution in [0, 0.1) is 17.2 Å². The van der Waals surface area contributed by atoms with E-state index >= 15 is 0 Å². The molecule has 4 amide bonds. The molecule has 0 bridgehead atoms. The lowest BCUT2D eigenvalue weighted by Gasteiger charge is -2.28. The largest absolute Gasteiger partial charge is 0.336 e. The van der Waals surface area contributed by atoms with Crippen molar-refractivity contribution in [2.24, 2.45) is 5.92 Å². The summed E-state index contributed by atoms with van der Waals surface area (Å²) in [5, 5.41) is 14.7. The normalized spacial score (nSPS) is 23.2. The minimum atomic E-state index is -1.20. The molecule has 0 saturated carbocycles. The van der Waals surface area contributed by atoms with Crippen molar-refractivity contribution in [3.05, 3.63) is 34.9 Å². The van der Waals surface area contributed by atoms with Crippen molar-refractivity contribution in [1.82, 2.24) is 15.5 Å². The fourth-order valence-electron chi connectivity index (χ4n) is 3.69. The SMILES string of the molecule is CC(C)[C@@](C)(C#N)NC(=O)CN1C(=O)N[C@](C)(c2ccc3c(c2)CCC3)C1=O. The summed E-state index contributed by atoms with van der Waals surface area (Å²) in [4.78, 5) is 38.9. The van der Waals surface area contributed by atoms with Gasteiger partial charge in [0.05, 0.1) is 6.07 Å². The van der Waals surface area contributed by atoms with Gasteiger partial charge in [0.2, 0.25) is 5.91 Å². The molecule has 0 spiro atoms. The first-order valence-electron chi connectivity index (χ1n) is 9.59. The maximum atomic E-state index is 13.0. The molecule has 7 heteroatoms. The summed E-state index contributed by atoms with van der Waals surface area (Å²) in [5.41, 5.74) is 0.938. The van der Waals surface area contributed by atoms with Gasteiger partial charge in [-0.2, -0.15) is 5.26 Å². The van der Waals surface area contributed by atoms with Gasteiger partial charge in [0.15, 0.2) is 0 Å². The Morgan fingerprint density at radius 2 is 2.04 bits per heavy atom. The quantitative estimate of drug-likeness (QED) is 0.760. The molecule has 0 radical (unpaired) electrons. The van der Waals surface area contributed by atoms with Crippen LogP contribution in [0.3, 0.4) is 0 Å². The molecule has 148 valence electrons. The second-order valence-electron chi connectivity index (χ2n) is 8.30. The fourth-order valence-corrected chi connectivity index (χ4v) is 3.69. The predicted octanol–water partition coefficient (Wildman–Crippen LogP) is 2.00. The van der Waals surface area contributed by atoms with Crippen molar-refractivity contribution in [3.63, 3.8) is 0 Å². The van der Waals surface area contributed by atoms with E-state index < -0.39 is 35.5 Å². The number of carbonyl (C=O) groups is 3. The zero-order valence-electron chi connectivity index (χ0n) is 16.8. The van der Waals surface area contributed by atoms with Gasteiger partial charge in [0.25, 0.3) is 5.91 Å². The average Bonchev–Trinajstić information content (AvgIpc) is 3.19. The van der Waals surface area contributed by atoms with Crippen LogP contribution in [0.15, 0.2) is 18.2 Å². The van der Waals surface area contributed by atoms with E-state index in [-0.39, 0.29) is 5.92 Å². The van der Waals surface area contributed by atoms with Crippen molar-refractivity contribution in [2.45, 2.75) is 58.0 Å². The Hall–Kier alpha value is -2.88. The molecule has 1 aromatic carbocycles. The monoisotopic (exact) mass is 382 g/mol. The van der Waals surface area contributed by atoms with E-state index in [9.17, 15) is 19.6 Å². The maximum absolute atomic E-state index is 13.0. The highest BCUT2D eigenvalue weighted by Gasteiger charge is 2.50. The van der Waals surface area contributed by atoms with Gasteiger partial charge in [-0.3, -0.25) is 14.5 Å². The molecule has 2 atom stereocenters. The number of carbonyl (C=O) groups excluding carboxylic acids is 3. The third-order valence-corrected chi connectivity index (χ3v) is 6.04. The summed E-state index contributed by atoms with van der Waals surface area (Å²) in [7, 11) is 0. The molecule has 1 saturated heterocycles. The molecule has 1 aromatic rings. The number of amides is 4. The molecule has 2 N–H and O–H groups in total. The Kier molecular flexibility index (Phi) is 4.92. The first kappa shape index (κ1) is 19.9. The van der Waals surface area contributed by atoms with Gasteiger partial charge in [-0.15, -0.1) is 0 Å². The number of fused-ring (bicyclic) bond motifs is 1. The molecular formula is C21H26N4O3. The van der Waals surface area contributed by atoms with Gasteiger partial charge in [-0.1, -0.05) is 32.0 Å². The number of hydrogen-bond donors (Lipinski definition) is 2. The van der Waals surface area contributed by atoms with Crippen molar-refractivity contribution < 1.29 is 14.4 Å². The van der Waals surface area contributed by atoms with Crippen LogP contribution in [0.25, 0.3) is 0 Å². The molecule has 3 rings (SSSR count). The summed E-state index contributed by atoms with van der Waals surface area (Å²) in [6, 6.07) is 7.35. The second-order valence-corrected chi connectivity index (χ2v) is 8.30. The molecule has 2 aliphatic rings. The van der Waals surface area contributed by atoms with Crippen molar-refractivity contribution in [2.75, 3.05) is 6.54 Å². The van der Waals surface area contributed by atoms with Crippen molar-refractivity contribution in [1.29, 1.82) is 5.26 Å². The molecular weight excluding hydrogens is 356 g/mol. The van der Waals surface area contributed by atoms with Gasteiger partial charge < -0.3 is 10.6 Å².